The van der Waals surface area contributed by atoms with E-state index in [0.29, 0.717) is 11.1 Å². The normalized spacial score (nSPS) is 14.3. The Labute approximate surface area is 259 Å². The van der Waals surface area contributed by atoms with Crippen molar-refractivity contribution >= 4 is 46.5 Å². The maximum atomic E-state index is 12.4. The fraction of sp³-hybridized carbons (Fsp3) is 0.241. The third kappa shape index (κ3) is 6.13. The van der Waals surface area contributed by atoms with Gasteiger partial charge in [0.2, 0.25) is 5.28 Å². The number of carboxylic acids is 3. The number of aromatic nitrogens is 4. The molecule has 0 radical (unpaired) electrons. The number of terminal acetylenes is 1. The van der Waals surface area contributed by atoms with Crippen molar-refractivity contribution in [1.29, 1.82) is 0 Å². The van der Waals surface area contributed by atoms with E-state index in [0.717, 1.165) is 18.0 Å². The third-order valence-electron chi connectivity index (χ3n) is 7.13. The van der Waals surface area contributed by atoms with E-state index in [1.807, 2.05) is 5.92 Å². The molecule has 2 heterocycles. The van der Waals surface area contributed by atoms with Crippen molar-refractivity contribution in [1.82, 2.24) is 19.5 Å². The van der Waals surface area contributed by atoms with Crippen LogP contribution >= 0.6 is 11.6 Å². The highest BCUT2D eigenvalue weighted by Crippen LogP contribution is 2.32. The molecule has 0 aliphatic carbocycles. The zero-order valence-electron chi connectivity index (χ0n) is 23.4. The van der Waals surface area contributed by atoms with Gasteiger partial charge in [-0.25, -0.2) is 19.4 Å². The molecule has 0 saturated carbocycles. The molecule has 4 rings (SSSR count). The second kappa shape index (κ2) is 12.9. The highest BCUT2D eigenvalue weighted by atomic mass is 35.5. The predicted molar refractivity (Wildman–Crippen MR) is 157 cm³/mol. The molecule has 0 fully saturated rings. The van der Waals surface area contributed by atoms with Crippen LogP contribution in [0.25, 0.3) is 22.3 Å². The summed E-state index contributed by atoms with van der Waals surface area (Å²) in [5.74, 6) is -3.03. The molecule has 0 aliphatic heterocycles. The minimum absolute atomic E-state index is 0.0243. The van der Waals surface area contributed by atoms with Crippen molar-refractivity contribution < 1.29 is 49.4 Å². The Bertz CT molecular complexity index is 1790. The average Bonchev–Trinajstić information content (AvgIpc) is 3.44. The van der Waals surface area contributed by atoms with Crippen molar-refractivity contribution in [3.63, 3.8) is 0 Å². The van der Waals surface area contributed by atoms with Gasteiger partial charge >= 0.3 is 17.9 Å². The molecule has 0 saturated heterocycles. The van der Waals surface area contributed by atoms with Gasteiger partial charge < -0.3 is 40.7 Å². The van der Waals surface area contributed by atoms with Crippen LogP contribution in [0.3, 0.4) is 0 Å². The van der Waals surface area contributed by atoms with Gasteiger partial charge in [0.15, 0.2) is 23.3 Å². The van der Waals surface area contributed by atoms with E-state index in [4.69, 9.17) is 33.2 Å². The number of fused-ring (bicyclic) bond motifs is 1. The van der Waals surface area contributed by atoms with Crippen LogP contribution in [0.5, 0.6) is 0 Å². The molecule has 7 N–H and O–H groups in total. The first-order chi connectivity index (χ1) is 21.3. The molecule has 2 aromatic heterocycles. The first-order valence-electron chi connectivity index (χ1n) is 12.9. The number of anilines is 1. The lowest BCUT2D eigenvalue weighted by Gasteiger charge is -2.36. The van der Waals surface area contributed by atoms with E-state index >= 15 is 0 Å². The maximum Gasteiger partial charge on any atom is 0.348 e. The van der Waals surface area contributed by atoms with Gasteiger partial charge in [0.1, 0.15) is 11.6 Å². The number of benzene rings is 2. The number of aliphatic hydroxyl groups is 2. The zero-order valence-corrected chi connectivity index (χ0v) is 24.1. The van der Waals surface area contributed by atoms with Gasteiger partial charge in [-0.1, -0.05) is 48.4 Å². The maximum absolute atomic E-state index is 12.4. The van der Waals surface area contributed by atoms with E-state index < -0.39 is 54.5 Å². The molecule has 0 amide bonds. The van der Waals surface area contributed by atoms with Crippen molar-refractivity contribution in [2.24, 2.45) is 0 Å². The molecule has 0 unspecified atom stereocenters. The van der Waals surface area contributed by atoms with Crippen molar-refractivity contribution in [3.8, 4) is 23.5 Å². The lowest BCUT2D eigenvalue weighted by molar-refractivity contribution is -0.202. The topological polar surface area (TPSA) is 240 Å². The smallest absolute Gasteiger partial charge is 0.348 e. The number of carboxylic acid groups (broad SMARTS) is 3. The molecule has 0 aliphatic rings. The van der Waals surface area contributed by atoms with Crippen LogP contribution < -0.4 is 5.73 Å². The van der Waals surface area contributed by atoms with E-state index in [1.165, 1.54) is 30.3 Å². The average molecular weight is 640 g/mol. The van der Waals surface area contributed by atoms with Gasteiger partial charge in [-0.3, -0.25) is 4.57 Å². The number of ether oxygens (including phenoxy) is 2. The molecule has 234 valence electrons. The van der Waals surface area contributed by atoms with E-state index in [2.05, 4.69) is 15.0 Å². The number of methoxy groups -OCH3 is 1. The quantitative estimate of drug-likeness (QED) is 0.0689. The summed E-state index contributed by atoms with van der Waals surface area (Å²) in [6.45, 7) is -0.929. The third-order valence-corrected chi connectivity index (χ3v) is 7.30. The van der Waals surface area contributed by atoms with Gasteiger partial charge in [-0.05, 0) is 34.4 Å². The summed E-state index contributed by atoms with van der Waals surface area (Å²) >= 11 is 5.87. The summed E-state index contributed by atoms with van der Waals surface area (Å²) in [7, 11) is 1.07. The highest BCUT2D eigenvalue weighted by Gasteiger charge is 2.51. The molecule has 16 heteroatoms. The standard InChI is InChI=1S/C29H26ClN5O10/c1-3-28(43,24(38)35-14-32-20-21(31)33-27(30)34-22(20)35)19(44-2)13-45-29(25(39)40,26(41)42)12-15-8-10-16(11-9-15)17-6-4-5-7-18(17)23(36)37/h1,4-11,14,19,24,38,43H,12-13H2,2H3,(H,36,37)(H,39,40)(H,41,42)(H2,31,33,34)/t19-,24-,28-/m1/s1. The number of aromatic carboxylic acids is 1. The fourth-order valence-electron chi connectivity index (χ4n) is 4.66. The number of imidazole rings is 1. The summed E-state index contributed by atoms with van der Waals surface area (Å²) in [6, 6.07) is 12.1. The number of hydrogen-bond donors (Lipinski definition) is 6. The van der Waals surface area contributed by atoms with Gasteiger partial charge in [0.25, 0.3) is 5.60 Å². The number of aliphatic carboxylic acids is 2. The number of nitrogen functional groups attached to an aromatic ring is 1. The number of rotatable bonds is 13. The van der Waals surface area contributed by atoms with Crippen LogP contribution in [-0.4, -0.2) is 94.0 Å². The minimum atomic E-state index is -2.91. The number of nitrogens with zero attached hydrogens (tertiary/aromatic N) is 4. The summed E-state index contributed by atoms with van der Waals surface area (Å²) < 4.78 is 11.6. The first kappa shape index (κ1) is 32.8. The second-order valence-corrected chi connectivity index (χ2v) is 10.1. The van der Waals surface area contributed by atoms with E-state index in [1.54, 1.807) is 18.2 Å². The first-order valence-corrected chi connectivity index (χ1v) is 13.3. The summed E-state index contributed by atoms with van der Waals surface area (Å²) in [4.78, 5) is 48.1. The van der Waals surface area contributed by atoms with Crippen LogP contribution in [-0.2, 0) is 25.5 Å². The van der Waals surface area contributed by atoms with Gasteiger partial charge in [-0.15, -0.1) is 6.42 Å². The number of carbonyl (C=O) groups is 3. The van der Waals surface area contributed by atoms with E-state index in [9.17, 15) is 39.9 Å². The molecule has 45 heavy (non-hydrogen) atoms. The second-order valence-electron chi connectivity index (χ2n) is 9.74. The van der Waals surface area contributed by atoms with Crippen LogP contribution in [0.4, 0.5) is 5.82 Å². The summed E-state index contributed by atoms with van der Waals surface area (Å²) in [6.07, 6.45) is 2.16. The monoisotopic (exact) mass is 639 g/mol. The Morgan fingerprint density at radius 1 is 1.09 bits per heavy atom. The summed E-state index contributed by atoms with van der Waals surface area (Å²) in [5, 5.41) is 51.8. The van der Waals surface area contributed by atoms with E-state index in [-0.39, 0.29) is 33.4 Å². The zero-order chi connectivity index (χ0) is 33.1. The van der Waals surface area contributed by atoms with Crippen molar-refractivity contribution in [2.45, 2.75) is 30.0 Å². The van der Waals surface area contributed by atoms with Gasteiger partial charge in [-0.2, -0.15) is 9.97 Å². The Hall–Kier alpha value is -5.11. The Morgan fingerprint density at radius 3 is 2.31 bits per heavy atom. The molecular weight excluding hydrogens is 614 g/mol. The SMILES string of the molecule is C#C[C@@](O)([C@@H](COC(Cc1ccc(-c2ccccc2C(=O)O)cc1)(C(=O)O)C(=O)O)OC)[C@@H](O)n1cnc2c(N)nc(Cl)nc21. The highest BCUT2D eigenvalue weighted by molar-refractivity contribution is 6.28. The summed E-state index contributed by atoms with van der Waals surface area (Å²) in [5.41, 5.74) is 1.26. The van der Waals surface area contributed by atoms with Crippen LogP contribution in [0.1, 0.15) is 22.1 Å². The van der Waals surface area contributed by atoms with Crippen LogP contribution in [0, 0.1) is 12.3 Å². The number of hydrogen-bond acceptors (Lipinski definition) is 11. The molecule has 0 spiro atoms. The lowest BCUT2D eigenvalue weighted by Crippen LogP contribution is -2.56. The minimum Gasteiger partial charge on any atom is -0.479 e. The van der Waals surface area contributed by atoms with Crippen LogP contribution in [0.15, 0.2) is 54.9 Å². The largest absolute Gasteiger partial charge is 0.479 e. The van der Waals surface area contributed by atoms with Crippen LogP contribution in [0.2, 0.25) is 5.28 Å². The molecule has 3 atom stereocenters. The number of halogens is 1. The predicted octanol–water partition coefficient (Wildman–Crippen LogP) is 1.46. The number of aliphatic hydroxyl groups excluding tert-OH is 1. The molecule has 4 aromatic rings. The number of nitrogens with two attached hydrogens (primary N) is 1. The molecule has 2 aromatic carbocycles. The Balaban J connectivity index is 1.62. The van der Waals surface area contributed by atoms with Gasteiger partial charge in [0.05, 0.1) is 18.5 Å². The molecule has 0 bridgehead atoms. The molecular formula is C29H26ClN5O10. The Morgan fingerprint density at radius 2 is 1.73 bits per heavy atom. The fourth-order valence-corrected chi connectivity index (χ4v) is 4.83. The lowest BCUT2D eigenvalue weighted by atomic mass is 9.91. The van der Waals surface area contributed by atoms with Crippen molar-refractivity contribution in [2.75, 3.05) is 19.5 Å². The van der Waals surface area contributed by atoms with Gasteiger partial charge in [0, 0.05) is 13.5 Å². The van der Waals surface area contributed by atoms with Crippen molar-refractivity contribution in [3.05, 3.63) is 71.3 Å². The Kier molecular flexibility index (Phi) is 9.37. The molecule has 15 nitrogen and oxygen atoms in total.